The van der Waals surface area contributed by atoms with Crippen molar-refractivity contribution < 1.29 is 25.5 Å². The number of rotatable bonds is 0. The molecule has 2 fully saturated rings. The molecule has 4 unspecified atom stereocenters. The molecule has 7 heteroatoms. The van der Waals surface area contributed by atoms with Crippen LogP contribution in [0.15, 0.2) is 0 Å². The molecule has 0 bridgehead atoms. The molecule has 0 radical (unpaired) electrons. The van der Waals surface area contributed by atoms with Gasteiger partial charge in [0.05, 0.1) is 6.10 Å². The van der Waals surface area contributed by atoms with Crippen LogP contribution in [0.1, 0.15) is 51.4 Å². The van der Waals surface area contributed by atoms with Crippen LogP contribution in [0.5, 0.6) is 0 Å². The van der Waals surface area contributed by atoms with E-state index in [0.29, 0.717) is 12.8 Å². The van der Waals surface area contributed by atoms with E-state index in [1.165, 1.54) is 0 Å². The van der Waals surface area contributed by atoms with E-state index in [9.17, 15) is 15.3 Å². The zero-order valence-corrected chi connectivity index (χ0v) is 15.3. The van der Waals surface area contributed by atoms with Crippen LogP contribution in [0, 0.1) is 0 Å². The molecule has 0 aliphatic heterocycles. The third kappa shape index (κ3) is 14.3. The van der Waals surface area contributed by atoms with E-state index < -0.39 is 18.3 Å². The molecule has 2 rings (SSSR count). The minimum Gasteiger partial charge on any atom is -0.857 e. The number of hydrogen-bond acceptors (Lipinski definition) is 5. The van der Waals surface area contributed by atoms with Gasteiger partial charge >= 0.3 is 46.1 Å². The molecule has 2 saturated carbocycles. The van der Waals surface area contributed by atoms with Crippen LogP contribution < -0.4 is 20.4 Å². The van der Waals surface area contributed by atoms with E-state index in [1.54, 1.807) is 0 Å². The molecule has 5 nitrogen and oxygen atoms in total. The average molecular weight is 309 g/mol. The van der Waals surface area contributed by atoms with Gasteiger partial charge in [0, 0.05) is 0 Å². The van der Waals surface area contributed by atoms with E-state index in [0.717, 1.165) is 45.6 Å². The first-order valence-electron chi connectivity index (χ1n) is 6.64. The van der Waals surface area contributed by atoms with Crippen molar-refractivity contribution in [3.8, 4) is 0 Å². The maximum absolute atomic E-state index is 10.6. The fourth-order valence-electron chi connectivity index (χ4n) is 2.22. The van der Waals surface area contributed by atoms with Crippen LogP contribution in [-0.4, -0.2) is 82.7 Å². The van der Waals surface area contributed by atoms with Crippen molar-refractivity contribution in [2.75, 3.05) is 7.11 Å². The van der Waals surface area contributed by atoms with Gasteiger partial charge in [-0.2, -0.15) is 7.11 Å². The Morgan fingerprint density at radius 1 is 0.700 bits per heavy atom. The van der Waals surface area contributed by atoms with E-state index >= 15 is 0 Å². The minimum absolute atomic E-state index is 0. The fourth-order valence-corrected chi connectivity index (χ4v) is 2.22. The van der Waals surface area contributed by atoms with Gasteiger partial charge in [0.25, 0.3) is 0 Å². The maximum atomic E-state index is 10.6. The second-order valence-electron chi connectivity index (χ2n) is 4.85. The van der Waals surface area contributed by atoms with Crippen molar-refractivity contribution in [1.82, 2.24) is 0 Å². The van der Waals surface area contributed by atoms with Gasteiger partial charge in [0.2, 0.25) is 0 Å². The predicted molar refractivity (Wildman–Crippen MR) is 71.7 cm³/mol. The predicted octanol–water partition coefficient (Wildman–Crippen LogP) is -3.12. The Kier molecular flexibility index (Phi) is 21.9. The Morgan fingerprint density at radius 3 is 1.25 bits per heavy atom. The molecular weight excluding hydrogens is 285 g/mol. The number of hydrogen-bond donors (Lipinski definition) is 1. The Hall–Kier alpha value is 1.33. The van der Waals surface area contributed by atoms with Crippen LogP contribution in [-0.2, 0) is 0 Å². The molecule has 4 atom stereocenters. The molecule has 0 saturated heterocycles. The van der Waals surface area contributed by atoms with E-state index in [4.69, 9.17) is 10.2 Å². The third-order valence-electron chi connectivity index (χ3n) is 3.18. The standard InChI is InChI=1S/C6H11O2.C6H10O2.CH3O.2Mg/c2*7-5-2-1-3-6(8)4-5;1-2;;/h5-7H,1-4H2;5-6H,1-4H2;1H3;;/q-1;-2;-1;2*+2. The number of aliphatic hydroxyl groups excluding tert-OH is 1. The summed E-state index contributed by atoms with van der Waals surface area (Å²) in [5.74, 6) is 0. The molecule has 20 heavy (non-hydrogen) atoms. The molecular formula is C13H24Mg2O5. The van der Waals surface area contributed by atoms with Gasteiger partial charge in [-0.3, -0.25) is 0 Å². The van der Waals surface area contributed by atoms with Crippen LogP contribution in [0.4, 0.5) is 0 Å². The first kappa shape index (κ1) is 26.2. The van der Waals surface area contributed by atoms with E-state index in [1.807, 2.05) is 0 Å². The largest absolute Gasteiger partial charge is 2.00 e. The van der Waals surface area contributed by atoms with Crippen molar-refractivity contribution in [3.63, 3.8) is 0 Å². The molecule has 1 N–H and O–H groups in total. The average Bonchev–Trinajstić information content (AvgIpc) is 2.31. The summed E-state index contributed by atoms with van der Waals surface area (Å²) >= 11 is 0. The summed E-state index contributed by atoms with van der Waals surface area (Å²) in [7, 11) is 0.750. The summed E-state index contributed by atoms with van der Waals surface area (Å²) in [6.07, 6.45) is 3.74. The molecule has 0 aromatic heterocycles. The molecule has 2 aliphatic carbocycles. The Labute approximate surface area is 154 Å². The van der Waals surface area contributed by atoms with Gasteiger partial charge in [0.15, 0.2) is 0 Å². The monoisotopic (exact) mass is 308 g/mol. The van der Waals surface area contributed by atoms with Crippen molar-refractivity contribution in [3.05, 3.63) is 0 Å². The zero-order valence-electron chi connectivity index (χ0n) is 12.5. The Bertz CT molecular complexity index is 162. The summed E-state index contributed by atoms with van der Waals surface area (Å²) in [4.78, 5) is 0. The summed E-state index contributed by atoms with van der Waals surface area (Å²) in [6.45, 7) is 0. The van der Waals surface area contributed by atoms with E-state index in [-0.39, 0.29) is 52.2 Å². The van der Waals surface area contributed by atoms with Gasteiger partial charge in [-0.15, -0.1) is 18.3 Å². The molecule has 0 aromatic carbocycles. The third-order valence-corrected chi connectivity index (χ3v) is 3.18. The molecule has 0 aromatic rings. The number of aliphatic hydroxyl groups is 1. The Morgan fingerprint density at radius 2 is 1.05 bits per heavy atom. The molecule has 2 aliphatic rings. The van der Waals surface area contributed by atoms with Crippen molar-refractivity contribution in [2.24, 2.45) is 0 Å². The molecule has 0 spiro atoms. The SMILES string of the molecule is C[O-].[Mg+2].[Mg+2].[O-]C1CCCC(O)C1.[O-]C1CCCC([O-])C1. The smallest absolute Gasteiger partial charge is 0.857 e. The second kappa shape index (κ2) is 16.7. The quantitative estimate of drug-likeness (QED) is 0.476. The van der Waals surface area contributed by atoms with Gasteiger partial charge in [-0.25, -0.2) is 0 Å². The van der Waals surface area contributed by atoms with E-state index in [2.05, 4.69) is 0 Å². The van der Waals surface area contributed by atoms with Crippen LogP contribution in [0.2, 0.25) is 0 Å². The van der Waals surface area contributed by atoms with Crippen LogP contribution in [0.3, 0.4) is 0 Å². The van der Waals surface area contributed by atoms with Crippen molar-refractivity contribution >= 4 is 46.1 Å². The molecule has 110 valence electrons. The van der Waals surface area contributed by atoms with Gasteiger partial charge < -0.3 is 25.5 Å². The topological polar surface area (TPSA) is 112 Å². The zero-order chi connectivity index (χ0) is 14.0. The summed E-state index contributed by atoms with van der Waals surface area (Å²) in [5, 5.41) is 48.8. The second-order valence-corrected chi connectivity index (χ2v) is 4.85. The summed E-state index contributed by atoms with van der Waals surface area (Å²) in [5.41, 5.74) is 0. The molecule has 0 amide bonds. The van der Waals surface area contributed by atoms with Gasteiger partial charge in [-0.1, -0.05) is 38.5 Å². The fraction of sp³-hybridized carbons (Fsp3) is 1.00. The first-order valence-corrected chi connectivity index (χ1v) is 6.64. The van der Waals surface area contributed by atoms with Crippen LogP contribution in [0.25, 0.3) is 0 Å². The minimum atomic E-state index is -0.550. The van der Waals surface area contributed by atoms with Gasteiger partial charge in [-0.05, 0) is 12.8 Å². The van der Waals surface area contributed by atoms with Crippen molar-refractivity contribution in [2.45, 2.75) is 75.8 Å². The van der Waals surface area contributed by atoms with Crippen LogP contribution >= 0.6 is 0 Å². The van der Waals surface area contributed by atoms with Gasteiger partial charge in [0.1, 0.15) is 0 Å². The summed E-state index contributed by atoms with van der Waals surface area (Å²) in [6, 6.07) is 0. The normalized spacial score (nSPS) is 32.1. The molecule has 0 heterocycles. The summed E-state index contributed by atoms with van der Waals surface area (Å²) < 4.78 is 0. The Balaban J connectivity index is -0.000000236. The maximum Gasteiger partial charge on any atom is 2.00 e. The van der Waals surface area contributed by atoms with Crippen molar-refractivity contribution in [1.29, 1.82) is 0 Å². The first-order chi connectivity index (χ1) is 8.58.